The topological polar surface area (TPSA) is 85.1 Å². The fourth-order valence-corrected chi connectivity index (χ4v) is 3.56. The quantitative estimate of drug-likeness (QED) is 0.414. The second-order valence-corrected chi connectivity index (χ2v) is 6.59. The number of nitrogens with one attached hydrogen (secondary N) is 1. The van der Waals surface area contributed by atoms with Gasteiger partial charge in [-0.05, 0) is 29.7 Å². The number of nitrogen functional groups attached to an aromatic ring is 1. The van der Waals surface area contributed by atoms with E-state index in [2.05, 4.69) is 4.98 Å². The van der Waals surface area contributed by atoms with Crippen LogP contribution in [-0.4, -0.2) is 10.8 Å². The third-order valence-corrected chi connectivity index (χ3v) is 4.92. The molecule has 0 bridgehead atoms. The molecule has 1 unspecified atom stereocenters. The highest BCUT2D eigenvalue weighted by atomic mass is 32.1. The average molecular weight is 349 g/mol. The molecule has 2 heterocycles. The summed E-state index contributed by atoms with van der Waals surface area (Å²) in [6, 6.07) is 17.5. The molecule has 0 aliphatic carbocycles. The number of amidine groups is 1. The zero-order valence-corrected chi connectivity index (χ0v) is 14.0. The van der Waals surface area contributed by atoms with Gasteiger partial charge in [0.2, 0.25) is 5.89 Å². The number of hydrogen-bond acceptors (Lipinski definition) is 5. The van der Waals surface area contributed by atoms with Crippen molar-refractivity contribution in [1.29, 1.82) is 5.41 Å². The zero-order valence-electron chi connectivity index (χ0n) is 13.2. The van der Waals surface area contributed by atoms with E-state index in [1.54, 1.807) is 6.20 Å². The molecule has 2 aromatic heterocycles. The second-order valence-electron chi connectivity index (χ2n) is 5.50. The summed E-state index contributed by atoms with van der Waals surface area (Å²) in [5, 5.41) is 8.61. The Kier molecular flexibility index (Phi) is 3.95. The van der Waals surface area contributed by atoms with Crippen molar-refractivity contribution in [2.24, 2.45) is 5.73 Å². The van der Waals surface area contributed by atoms with E-state index in [0.717, 1.165) is 20.5 Å². The van der Waals surface area contributed by atoms with Gasteiger partial charge in [0.05, 0.1) is 11.1 Å². The molecular weight excluding hydrogens is 334 g/mol. The number of fused-ring (bicyclic) bond motifs is 1. The Morgan fingerprint density at radius 1 is 1.16 bits per heavy atom. The molecule has 2 aromatic carbocycles. The van der Waals surface area contributed by atoms with E-state index in [9.17, 15) is 0 Å². The van der Waals surface area contributed by atoms with E-state index < -0.39 is 6.10 Å². The molecule has 5 nitrogen and oxygen atoms in total. The van der Waals surface area contributed by atoms with Gasteiger partial charge in [0, 0.05) is 10.3 Å². The number of nitrogens with zero attached hydrogens (tertiary/aromatic N) is 1. The molecule has 0 saturated carbocycles. The number of ether oxygens (including phenoxy) is 1. The van der Waals surface area contributed by atoms with Crippen molar-refractivity contribution in [3.8, 4) is 5.75 Å². The van der Waals surface area contributed by atoms with Crippen LogP contribution in [-0.2, 0) is 0 Å². The number of hydrogen-bond donors (Lipinski definition) is 2. The van der Waals surface area contributed by atoms with Crippen LogP contribution in [0.1, 0.15) is 22.4 Å². The molecule has 4 rings (SSSR count). The minimum absolute atomic E-state index is 0.0746. The van der Waals surface area contributed by atoms with E-state index in [-0.39, 0.29) is 5.84 Å². The minimum atomic E-state index is -0.430. The molecular formula is C19H15N3O2S. The summed E-state index contributed by atoms with van der Waals surface area (Å²) in [4.78, 5) is 4.99. The highest BCUT2D eigenvalue weighted by Crippen LogP contribution is 2.32. The van der Waals surface area contributed by atoms with Crippen molar-refractivity contribution < 1.29 is 9.15 Å². The molecule has 124 valence electrons. The van der Waals surface area contributed by atoms with Crippen LogP contribution < -0.4 is 10.5 Å². The van der Waals surface area contributed by atoms with Gasteiger partial charge in [0.15, 0.2) is 6.10 Å². The van der Waals surface area contributed by atoms with Crippen molar-refractivity contribution in [3.05, 3.63) is 83.4 Å². The summed E-state index contributed by atoms with van der Waals surface area (Å²) in [6.07, 6.45) is 2.72. The van der Waals surface area contributed by atoms with Gasteiger partial charge >= 0.3 is 0 Å². The smallest absolute Gasteiger partial charge is 0.240 e. The zero-order chi connectivity index (χ0) is 17.2. The third-order valence-electron chi connectivity index (χ3n) is 3.79. The van der Waals surface area contributed by atoms with Crippen LogP contribution in [0.25, 0.3) is 10.1 Å². The first-order chi connectivity index (χ1) is 12.2. The lowest BCUT2D eigenvalue weighted by Crippen LogP contribution is -2.09. The SMILES string of the molecule is N=C(N)c1cc2ccc(OC(c3ccccc3)c3ncco3)cc2s1. The summed E-state index contributed by atoms with van der Waals surface area (Å²) in [7, 11) is 0. The standard InChI is InChI=1S/C19H15N3O2S/c20-18(21)16-10-13-6-7-14(11-15(13)25-16)24-17(19-22-8-9-23-19)12-4-2-1-3-5-12/h1-11,17H,(H3,20,21). The number of aromatic nitrogens is 1. The summed E-state index contributed by atoms with van der Waals surface area (Å²) in [5.74, 6) is 1.28. The fourth-order valence-electron chi connectivity index (χ4n) is 2.61. The van der Waals surface area contributed by atoms with E-state index in [4.69, 9.17) is 20.3 Å². The molecule has 6 heteroatoms. The number of oxazole rings is 1. The van der Waals surface area contributed by atoms with Gasteiger partial charge in [-0.15, -0.1) is 11.3 Å². The van der Waals surface area contributed by atoms with Crippen LogP contribution in [0.15, 0.2) is 71.5 Å². The molecule has 0 amide bonds. The molecule has 0 saturated heterocycles. The maximum absolute atomic E-state index is 7.58. The first kappa shape index (κ1) is 15.4. The predicted octanol–water partition coefficient (Wildman–Crippen LogP) is 4.34. The molecule has 4 aromatic rings. The number of rotatable bonds is 5. The Morgan fingerprint density at radius 3 is 2.72 bits per heavy atom. The van der Waals surface area contributed by atoms with Crippen molar-refractivity contribution in [3.63, 3.8) is 0 Å². The normalized spacial score (nSPS) is 12.2. The van der Waals surface area contributed by atoms with Gasteiger partial charge < -0.3 is 14.9 Å². The molecule has 3 N–H and O–H groups in total. The maximum Gasteiger partial charge on any atom is 0.240 e. The predicted molar refractivity (Wildman–Crippen MR) is 98.3 cm³/mol. The Hall–Kier alpha value is -3.12. The Balaban J connectivity index is 1.70. The molecule has 0 spiro atoms. The van der Waals surface area contributed by atoms with E-state index >= 15 is 0 Å². The molecule has 0 aliphatic heterocycles. The van der Waals surface area contributed by atoms with Gasteiger partial charge in [-0.25, -0.2) is 4.98 Å². The Morgan fingerprint density at radius 2 is 2.00 bits per heavy atom. The lowest BCUT2D eigenvalue weighted by molar-refractivity contribution is 0.208. The number of benzene rings is 2. The largest absolute Gasteiger partial charge is 0.476 e. The van der Waals surface area contributed by atoms with Gasteiger partial charge in [0.25, 0.3) is 0 Å². The van der Waals surface area contributed by atoms with E-state index in [1.165, 1.54) is 17.6 Å². The van der Waals surface area contributed by atoms with Crippen LogP contribution in [0.4, 0.5) is 0 Å². The van der Waals surface area contributed by atoms with Gasteiger partial charge in [-0.1, -0.05) is 30.3 Å². The third kappa shape index (κ3) is 3.12. The molecule has 1 atom stereocenters. The summed E-state index contributed by atoms with van der Waals surface area (Å²) in [5.41, 5.74) is 6.54. The van der Waals surface area contributed by atoms with Gasteiger partial charge in [-0.3, -0.25) is 5.41 Å². The summed E-state index contributed by atoms with van der Waals surface area (Å²) < 4.78 is 12.7. The Labute approximate surface area is 148 Å². The van der Waals surface area contributed by atoms with Crippen LogP contribution in [0.5, 0.6) is 5.75 Å². The second kappa shape index (κ2) is 6.41. The van der Waals surface area contributed by atoms with Crippen LogP contribution in [0, 0.1) is 5.41 Å². The number of thiophene rings is 1. The van der Waals surface area contributed by atoms with Crippen LogP contribution in [0.3, 0.4) is 0 Å². The van der Waals surface area contributed by atoms with Crippen LogP contribution >= 0.6 is 11.3 Å². The summed E-state index contributed by atoms with van der Waals surface area (Å²) >= 11 is 1.47. The lowest BCUT2D eigenvalue weighted by atomic mass is 10.1. The summed E-state index contributed by atoms with van der Waals surface area (Å²) in [6.45, 7) is 0. The molecule has 0 fully saturated rings. The van der Waals surface area contributed by atoms with Crippen molar-refractivity contribution in [2.75, 3.05) is 0 Å². The highest BCUT2D eigenvalue weighted by Gasteiger charge is 2.20. The van der Waals surface area contributed by atoms with Crippen molar-refractivity contribution >= 4 is 27.3 Å². The van der Waals surface area contributed by atoms with Crippen molar-refractivity contribution in [1.82, 2.24) is 4.98 Å². The lowest BCUT2D eigenvalue weighted by Gasteiger charge is -2.16. The minimum Gasteiger partial charge on any atom is -0.476 e. The fraction of sp³-hybridized carbons (Fsp3) is 0.0526. The monoisotopic (exact) mass is 349 g/mol. The van der Waals surface area contributed by atoms with E-state index in [0.29, 0.717) is 11.6 Å². The molecule has 25 heavy (non-hydrogen) atoms. The highest BCUT2D eigenvalue weighted by molar-refractivity contribution is 7.20. The van der Waals surface area contributed by atoms with E-state index in [1.807, 2.05) is 54.6 Å². The van der Waals surface area contributed by atoms with Gasteiger partial charge in [-0.2, -0.15) is 0 Å². The first-order valence-corrected chi connectivity index (χ1v) is 8.51. The number of nitrogens with two attached hydrogens (primary N) is 1. The Bertz CT molecular complexity index is 1010. The average Bonchev–Trinajstić information content (AvgIpc) is 3.29. The van der Waals surface area contributed by atoms with Gasteiger partial charge in [0.1, 0.15) is 17.8 Å². The molecule has 0 aliphatic rings. The van der Waals surface area contributed by atoms with Crippen molar-refractivity contribution in [2.45, 2.75) is 6.10 Å². The molecule has 0 radical (unpaired) electrons. The maximum atomic E-state index is 7.58. The first-order valence-electron chi connectivity index (χ1n) is 7.70. The van der Waals surface area contributed by atoms with Crippen LogP contribution in [0.2, 0.25) is 0 Å².